The van der Waals surface area contributed by atoms with Crippen molar-refractivity contribution in [3.63, 3.8) is 0 Å². The van der Waals surface area contributed by atoms with Crippen molar-refractivity contribution in [1.82, 2.24) is 0 Å². The Kier molecular flexibility index (Phi) is 6.84. The predicted molar refractivity (Wildman–Crippen MR) is 68.1 cm³/mol. The summed E-state index contributed by atoms with van der Waals surface area (Å²) in [4.78, 5) is 12.7. The molecule has 4 nitrogen and oxygen atoms in total. The first-order valence-corrected chi connectivity index (χ1v) is 6.55. The number of nitrogens with two attached hydrogens (primary N) is 1. The van der Waals surface area contributed by atoms with Crippen LogP contribution in [0.15, 0.2) is 17.5 Å². The normalized spacial score (nSPS) is 12.4. The second-order valence-electron chi connectivity index (χ2n) is 3.74. The molecule has 0 aromatic carbocycles. The van der Waals surface area contributed by atoms with E-state index in [1.54, 1.807) is 18.4 Å². The Labute approximate surface area is 106 Å². The van der Waals surface area contributed by atoms with Gasteiger partial charge in [-0.15, -0.1) is 11.3 Å². The highest BCUT2D eigenvalue weighted by Crippen LogP contribution is 2.09. The maximum Gasteiger partial charge on any atom is 0.322 e. The van der Waals surface area contributed by atoms with Crippen LogP contribution >= 0.6 is 11.3 Å². The second-order valence-corrected chi connectivity index (χ2v) is 4.77. The molecule has 96 valence electrons. The first kappa shape index (κ1) is 14.2. The van der Waals surface area contributed by atoms with Crippen molar-refractivity contribution in [3.8, 4) is 0 Å². The van der Waals surface area contributed by atoms with E-state index in [9.17, 15) is 4.79 Å². The fourth-order valence-electron chi connectivity index (χ4n) is 1.38. The van der Waals surface area contributed by atoms with Crippen molar-refractivity contribution >= 4 is 17.3 Å². The van der Waals surface area contributed by atoms with Crippen LogP contribution in [0.5, 0.6) is 0 Å². The van der Waals surface area contributed by atoms with Crippen molar-refractivity contribution in [2.75, 3.05) is 20.3 Å². The van der Waals surface area contributed by atoms with E-state index in [4.69, 9.17) is 15.2 Å². The van der Waals surface area contributed by atoms with Crippen LogP contribution in [-0.2, 0) is 20.7 Å². The first-order valence-electron chi connectivity index (χ1n) is 5.67. The van der Waals surface area contributed by atoms with Gasteiger partial charge in [-0.3, -0.25) is 4.79 Å². The average molecular weight is 257 g/mol. The monoisotopic (exact) mass is 257 g/mol. The smallest absolute Gasteiger partial charge is 0.322 e. The predicted octanol–water partition coefficient (Wildman–Crippen LogP) is 1.59. The fraction of sp³-hybridized carbons (Fsp3) is 0.583. The number of carbonyl (C=O) groups is 1. The van der Waals surface area contributed by atoms with Crippen LogP contribution in [0.3, 0.4) is 0 Å². The molecule has 0 spiro atoms. The summed E-state index contributed by atoms with van der Waals surface area (Å²) in [5.74, 6) is -0.322. The number of hydrogen-bond acceptors (Lipinski definition) is 5. The summed E-state index contributed by atoms with van der Waals surface area (Å²) in [7, 11) is 1.63. The van der Waals surface area contributed by atoms with E-state index in [0.717, 1.165) is 12.8 Å². The molecule has 0 saturated heterocycles. The maximum absolute atomic E-state index is 11.5. The Morgan fingerprint density at radius 1 is 1.53 bits per heavy atom. The van der Waals surface area contributed by atoms with E-state index < -0.39 is 6.04 Å². The van der Waals surface area contributed by atoms with Gasteiger partial charge in [0.15, 0.2) is 0 Å². The van der Waals surface area contributed by atoms with Gasteiger partial charge in [0.25, 0.3) is 0 Å². The van der Waals surface area contributed by atoms with Crippen molar-refractivity contribution in [3.05, 3.63) is 22.4 Å². The third-order valence-electron chi connectivity index (χ3n) is 2.34. The number of thiophene rings is 1. The van der Waals surface area contributed by atoms with Crippen molar-refractivity contribution < 1.29 is 14.3 Å². The van der Waals surface area contributed by atoms with E-state index in [1.807, 2.05) is 17.5 Å². The highest BCUT2D eigenvalue weighted by atomic mass is 32.1. The third kappa shape index (κ3) is 5.81. The second kappa shape index (κ2) is 8.22. The molecule has 0 radical (unpaired) electrons. The minimum absolute atomic E-state index is 0.322. The lowest BCUT2D eigenvalue weighted by molar-refractivity contribution is -0.145. The molecule has 1 aromatic heterocycles. The van der Waals surface area contributed by atoms with Crippen LogP contribution in [0.4, 0.5) is 0 Å². The summed E-state index contributed by atoms with van der Waals surface area (Å²) < 4.78 is 10.0. The lowest BCUT2D eigenvalue weighted by atomic mass is 10.2. The van der Waals surface area contributed by atoms with Gasteiger partial charge in [0, 0.05) is 25.0 Å². The maximum atomic E-state index is 11.5. The molecule has 0 amide bonds. The standard InChI is InChI=1S/C12H19NO3S/c1-15-7-2-5-11(13)12(14)16-8-6-10-4-3-9-17-10/h3-4,9,11H,2,5-8,13H2,1H3. The van der Waals surface area contributed by atoms with Crippen molar-refractivity contribution in [1.29, 1.82) is 0 Å². The SMILES string of the molecule is COCCCC(N)C(=O)OCCc1cccs1. The van der Waals surface area contributed by atoms with Crippen LogP contribution in [0.25, 0.3) is 0 Å². The molecule has 0 aliphatic rings. The van der Waals surface area contributed by atoms with E-state index >= 15 is 0 Å². The molecule has 5 heteroatoms. The van der Waals surface area contributed by atoms with Crippen molar-refractivity contribution in [2.45, 2.75) is 25.3 Å². The summed E-state index contributed by atoms with van der Waals surface area (Å²) >= 11 is 1.66. The number of ether oxygens (including phenoxy) is 2. The van der Waals surface area contributed by atoms with Gasteiger partial charge in [0.05, 0.1) is 6.61 Å². The van der Waals surface area contributed by atoms with Gasteiger partial charge in [0.1, 0.15) is 6.04 Å². The molecule has 0 aliphatic heterocycles. The Morgan fingerprint density at radius 3 is 3.00 bits per heavy atom. The summed E-state index contributed by atoms with van der Waals surface area (Å²) in [6.07, 6.45) is 2.14. The molecule has 0 aliphatic carbocycles. The minimum Gasteiger partial charge on any atom is -0.464 e. The van der Waals surface area contributed by atoms with Gasteiger partial charge in [0.2, 0.25) is 0 Å². The Balaban J connectivity index is 2.11. The molecule has 1 atom stereocenters. The average Bonchev–Trinajstić information content (AvgIpc) is 2.82. The van der Waals surface area contributed by atoms with Crippen LogP contribution in [0, 0.1) is 0 Å². The highest BCUT2D eigenvalue weighted by molar-refractivity contribution is 7.09. The Morgan fingerprint density at radius 2 is 2.35 bits per heavy atom. The fourth-order valence-corrected chi connectivity index (χ4v) is 2.07. The van der Waals surface area contributed by atoms with E-state index in [1.165, 1.54) is 4.88 Å². The summed E-state index contributed by atoms with van der Waals surface area (Å²) in [6, 6.07) is 3.48. The first-order chi connectivity index (χ1) is 8.24. The molecular weight excluding hydrogens is 238 g/mol. The molecular formula is C12H19NO3S. The van der Waals surface area contributed by atoms with Gasteiger partial charge in [-0.25, -0.2) is 0 Å². The molecule has 17 heavy (non-hydrogen) atoms. The van der Waals surface area contributed by atoms with E-state index in [-0.39, 0.29) is 5.97 Å². The topological polar surface area (TPSA) is 61.5 Å². The van der Waals surface area contributed by atoms with Crippen LogP contribution in [0.1, 0.15) is 17.7 Å². The van der Waals surface area contributed by atoms with Gasteiger partial charge < -0.3 is 15.2 Å². The van der Waals surface area contributed by atoms with Gasteiger partial charge in [-0.2, -0.15) is 0 Å². The molecule has 1 aromatic rings. The molecule has 1 rings (SSSR count). The molecule has 0 fully saturated rings. The molecule has 1 heterocycles. The van der Waals surface area contributed by atoms with Crippen molar-refractivity contribution in [2.24, 2.45) is 5.73 Å². The van der Waals surface area contributed by atoms with Gasteiger partial charge in [-0.1, -0.05) is 6.07 Å². The number of hydrogen-bond donors (Lipinski definition) is 1. The summed E-state index contributed by atoms with van der Waals surface area (Å²) in [5, 5.41) is 2.01. The number of methoxy groups -OCH3 is 1. The van der Waals surface area contributed by atoms with Gasteiger partial charge in [-0.05, 0) is 24.3 Å². The van der Waals surface area contributed by atoms with E-state index in [0.29, 0.717) is 19.6 Å². The lowest BCUT2D eigenvalue weighted by Crippen LogP contribution is -2.32. The highest BCUT2D eigenvalue weighted by Gasteiger charge is 2.14. The number of rotatable bonds is 8. The number of esters is 1. The van der Waals surface area contributed by atoms with E-state index in [2.05, 4.69) is 0 Å². The zero-order valence-electron chi connectivity index (χ0n) is 10.1. The van der Waals surface area contributed by atoms with Crippen LogP contribution < -0.4 is 5.73 Å². The molecule has 0 bridgehead atoms. The zero-order chi connectivity index (χ0) is 12.5. The molecule has 2 N–H and O–H groups in total. The Bertz CT molecular complexity index is 314. The quantitative estimate of drug-likeness (QED) is 0.567. The summed E-state index contributed by atoms with van der Waals surface area (Å²) in [6.45, 7) is 1.02. The number of carbonyl (C=O) groups excluding carboxylic acids is 1. The summed E-state index contributed by atoms with van der Waals surface area (Å²) in [5.41, 5.74) is 5.69. The Hall–Kier alpha value is -0.910. The van der Waals surface area contributed by atoms with Gasteiger partial charge >= 0.3 is 5.97 Å². The third-order valence-corrected chi connectivity index (χ3v) is 3.28. The largest absolute Gasteiger partial charge is 0.464 e. The van der Waals surface area contributed by atoms with Crippen LogP contribution in [0.2, 0.25) is 0 Å². The van der Waals surface area contributed by atoms with Crippen LogP contribution in [-0.4, -0.2) is 32.3 Å². The molecule has 0 saturated carbocycles. The zero-order valence-corrected chi connectivity index (χ0v) is 10.9. The lowest BCUT2D eigenvalue weighted by Gasteiger charge is -2.10. The molecule has 1 unspecified atom stereocenters. The minimum atomic E-state index is -0.534.